The van der Waals surface area contributed by atoms with Gasteiger partial charge in [-0.1, -0.05) is 12.1 Å². The second-order valence-corrected chi connectivity index (χ2v) is 8.01. The minimum atomic E-state index is 0.103. The van der Waals surface area contributed by atoms with Crippen LogP contribution in [0.4, 0.5) is 0 Å². The Morgan fingerprint density at radius 1 is 1.19 bits per heavy atom. The lowest BCUT2D eigenvalue weighted by molar-refractivity contribution is 0.0366. The van der Waals surface area contributed by atoms with E-state index in [-0.39, 0.29) is 12.1 Å². The average molecular weight is 389 g/mol. The van der Waals surface area contributed by atoms with Gasteiger partial charge in [-0.25, -0.2) is 0 Å². The van der Waals surface area contributed by atoms with E-state index in [0.29, 0.717) is 0 Å². The number of thiocarbonyl (C=S) groups is 1. The van der Waals surface area contributed by atoms with Crippen LogP contribution in [0.1, 0.15) is 29.1 Å². The molecule has 2 fully saturated rings. The number of nitrogens with one attached hydrogen (secondary N) is 1. The molecule has 2 saturated heterocycles. The summed E-state index contributed by atoms with van der Waals surface area (Å²) < 4.78 is 5.44. The molecule has 2 aliphatic rings. The molecule has 138 valence electrons. The third-order valence-corrected chi connectivity index (χ3v) is 6.30. The summed E-state index contributed by atoms with van der Waals surface area (Å²) in [5.74, 6) is 0. The highest BCUT2D eigenvalue weighted by atomic mass is 32.1. The molecule has 0 aliphatic carbocycles. The lowest BCUT2D eigenvalue weighted by Crippen LogP contribution is -2.38. The molecule has 4 heterocycles. The largest absolute Gasteiger partial charge is 0.379 e. The van der Waals surface area contributed by atoms with Gasteiger partial charge in [-0.2, -0.15) is 0 Å². The number of morpholine rings is 1. The fourth-order valence-corrected chi connectivity index (χ4v) is 4.91. The average Bonchev–Trinajstić information content (AvgIpc) is 3.32. The Hall–Kier alpha value is -1.54. The topological polar surface area (TPSA) is 40.6 Å². The van der Waals surface area contributed by atoms with Gasteiger partial charge in [0.15, 0.2) is 5.11 Å². The zero-order valence-electron chi connectivity index (χ0n) is 14.7. The first-order valence-corrected chi connectivity index (χ1v) is 10.4. The SMILES string of the molecule is S=C1N[C@H](c2ccccn2)[C@@H](c2cccs2)N1CCCN1CCOCC1. The van der Waals surface area contributed by atoms with E-state index < -0.39 is 0 Å². The Labute approximate surface area is 164 Å². The van der Waals surface area contributed by atoms with Gasteiger partial charge in [0.2, 0.25) is 0 Å². The van der Waals surface area contributed by atoms with Crippen LogP contribution in [0.3, 0.4) is 0 Å². The zero-order valence-corrected chi connectivity index (χ0v) is 16.3. The quantitative estimate of drug-likeness (QED) is 0.768. The van der Waals surface area contributed by atoms with Gasteiger partial charge in [-0.05, 0) is 42.2 Å². The molecule has 4 rings (SSSR count). The Morgan fingerprint density at radius 3 is 2.81 bits per heavy atom. The predicted molar refractivity (Wildman–Crippen MR) is 108 cm³/mol. The molecular weight excluding hydrogens is 364 g/mol. The van der Waals surface area contributed by atoms with Crippen molar-refractivity contribution in [3.8, 4) is 0 Å². The molecule has 7 heteroatoms. The van der Waals surface area contributed by atoms with E-state index in [1.165, 1.54) is 4.88 Å². The summed E-state index contributed by atoms with van der Waals surface area (Å²) in [6.07, 6.45) is 2.95. The number of pyridine rings is 1. The van der Waals surface area contributed by atoms with Crippen molar-refractivity contribution in [1.82, 2.24) is 20.1 Å². The van der Waals surface area contributed by atoms with E-state index in [1.54, 1.807) is 11.3 Å². The molecule has 0 radical (unpaired) electrons. The highest BCUT2D eigenvalue weighted by Crippen LogP contribution is 2.40. The number of thiophene rings is 1. The van der Waals surface area contributed by atoms with Crippen LogP contribution in [-0.2, 0) is 4.74 Å². The van der Waals surface area contributed by atoms with E-state index in [1.807, 2.05) is 18.3 Å². The van der Waals surface area contributed by atoms with E-state index in [9.17, 15) is 0 Å². The molecule has 2 atom stereocenters. The lowest BCUT2D eigenvalue weighted by Gasteiger charge is -2.29. The molecule has 0 spiro atoms. The molecule has 0 unspecified atom stereocenters. The molecule has 2 aliphatic heterocycles. The van der Waals surface area contributed by atoms with Gasteiger partial charge in [-0.3, -0.25) is 9.88 Å². The summed E-state index contributed by atoms with van der Waals surface area (Å²) in [6, 6.07) is 10.7. The van der Waals surface area contributed by atoms with Crippen molar-refractivity contribution in [1.29, 1.82) is 0 Å². The number of rotatable bonds is 6. The van der Waals surface area contributed by atoms with Crippen LogP contribution in [0.2, 0.25) is 0 Å². The van der Waals surface area contributed by atoms with Gasteiger partial charge < -0.3 is 15.0 Å². The molecular formula is C19H24N4OS2. The van der Waals surface area contributed by atoms with E-state index >= 15 is 0 Å². The Bertz CT molecular complexity index is 704. The van der Waals surface area contributed by atoms with Gasteiger partial charge >= 0.3 is 0 Å². The monoisotopic (exact) mass is 388 g/mol. The van der Waals surface area contributed by atoms with Crippen molar-refractivity contribution >= 4 is 28.7 Å². The lowest BCUT2D eigenvalue weighted by atomic mass is 10.0. The van der Waals surface area contributed by atoms with Gasteiger partial charge in [0, 0.05) is 37.3 Å². The summed E-state index contributed by atoms with van der Waals surface area (Å²) in [6.45, 7) is 5.82. The number of nitrogens with zero attached hydrogens (tertiary/aromatic N) is 3. The molecule has 5 nitrogen and oxygen atoms in total. The fourth-order valence-electron chi connectivity index (χ4n) is 3.70. The van der Waals surface area contributed by atoms with Crippen LogP contribution >= 0.6 is 23.6 Å². The third kappa shape index (κ3) is 3.91. The predicted octanol–water partition coefficient (Wildman–Crippen LogP) is 2.84. The summed E-state index contributed by atoms with van der Waals surface area (Å²) in [5, 5.41) is 6.49. The highest BCUT2D eigenvalue weighted by molar-refractivity contribution is 7.80. The standard InChI is InChI=1S/C19H24N4OS2/c25-19-21-17(15-5-1-2-7-20-15)18(16-6-3-14-26-16)23(19)9-4-8-22-10-12-24-13-11-22/h1-3,5-7,14,17-18H,4,8-13H2,(H,21,25)/t17-,18-/m1/s1. The van der Waals surface area contributed by atoms with Crippen molar-refractivity contribution in [2.75, 3.05) is 39.4 Å². The Morgan fingerprint density at radius 2 is 2.08 bits per heavy atom. The van der Waals surface area contributed by atoms with Crippen molar-refractivity contribution in [2.45, 2.75) is 18.5 Å². The summed E-state index contributed by atoms with van der Waals surface area (Å²) >= 11 is 7.49. The van der Waals surface area contributed by atoms with E-state index in [2.05, 4.69) is 43.7 Å². The molecule has 2 aromatic rings. The third-order valence-electron chi connectivity index (χ3n) is 5.01. The first-order chi connectivity index (χ1) is 12.8. The molecule has 0 amide bonds. The van der Waals surface area contributed by atoms with Crippen LogP contribution in [-0.4, -0.2) is 59.3 Å². The van der Waals surface area contributed by atoms with Crippen molar-refractivity contribution < 1.29 is 4.74 Å². The number of hydrogen-bond donors (Lipinski definition) is 1. The van der Waals surface area contributed by atoms with Crippen molar-refractivity contribution in [2.24, 2.45) is 0 Å². The molecule has 0 saturated carbocycles. The highest BCUT2D eigenvalue weighted by Gasteiger charge is 2.39. The Kier molecular flexibility index (Phi) is 5.79. The summed E-state index contributed by atoms with van der Waals surface area (Å²) in [4.78, 5) is 10.7. The first-order valence-electron chi connectivity index (χ1n) is 9.14. The smallest absolute Gasteiger partial charge is 0.170 e. The van der Waals surface area contributed by atoms with Crippen LogP contribution in [0.15, 0.2) is 41.9 Å². The van der Waals surface area contributed by atoms with Crippen molar-refractivity contribution in [3.63, 3.8) is 0 Å². The second kappa shape index (κ2) is 8.43. The molecule has 0 aromatic carbocycles. The first kappa shape index (κ1) is 17.9. The van der Waals surface area contributed by atoms with Crippen LogP contribution in [0.25, 0.3) is 0 Å². The second-order valence-electron chi connectivity index (χ2n) is 6.64. The normalized spacial score (nSPS) is 24.0. The number of ether oxygens (including phenoxy) is 1. The number of aromatic nitrogens is 1. The zero-order chi connectivity index (χ0) is 17.8. The van der Waals surface area contributed by atoms with Gasteiger partial charge in [0.1, 0.15) is 0 Å². The fraction of sp³-hybridized carbons (Fsp3) is 0.474. The summed E-state index contributed by atoms with van der Waals surface area (Å²) in [7, 11) is 0. The number of hydrogen-bond acceptors (Lipinski definition) is 5. The molecule has 1 N–H and O–H groups in total. The van der Waals surface area contributed by atoms with Crippen LogP contribution < -0.4 is 5.32 Å². The molecule has 0 bridgehead atoms. The Balaban J connectivity index is 1.48. The minimum Gasteiger partial charge on any atom is -0.379 e. The van der Waals surface area contributed by atoms with E-state index in [4.69, 9.17) is 17.0 Å². The van der Waals surface area contributed by atoms with Crippen molar-refractivity contribution in [3.05, 3.63) is 52.5 Å². The van der Waals surface area contributed by atoms with E-state index in [0.717, 1.165) is 56.6 Å². The molecule has 26 heavy (non-hydrogen) atoms. The molecule has 2 aromatic heterocycles. The van der Waals surface area contributed by atoms with Gasteiger partial charge in [-0.15, -0.1) is 11.3 Å². The van der Waals surface area contributed by atoms with Crippen LogP contribution in [0, 0.1) is 0 Å². The van der Waals surface area contributed by atoms with Gasteiger partial charge in [0.25, 0.3) is 0 Å². The summed E-state index contributed by atoms with van der Waals surface area (Å²) in [5.41, 5.74) is 1.05. The maximum absolute atomic E-state index is 5.70. The van der Waals surface area contributed by atoms with Gasteiger partial charge in [0.05, 0.1) is 31.0 Å². The van der Waals surface area contributed by atoms with Crippen LogP contribution in [0.5, 0.6) is 0 Å². The minimum absolute atomic E-state index is 0.103. The maximum Gasteiger partial charge on any atom is 0.170 e. The maximum atomic E-state index is 5.70.